The molecular formula is C62H105O11P. The Morgan fingerprint density at radius 2 is 0.730 bits per heavy atom. The molecule has 0 aliphatic heterocycles. The zero-order valence-corrected chi connectivity index (χ0v) is 47.7. The van der Waals surface area contributed by atoms with Crippen molar-refractivity contribution in [3.63, 3.8) is 0 Å². The van der Waals surface area contributed by atoms with Crippen LogP contribution in [0.15, 0.2) is 97.2 Å². The number of ether oxygens (including phenoxy) is 3. The number of phosphoric acid groups is 1. The molecule has 11 nitrogen and oxygen atoms in total. The molecule has 0 amide bonds. The van der Waals surface area contributed by atoms with Crippen LogP contribution in [0.4, 0.5) is 0 Å². The van der Waals surface area contributed by atoms with Gasteiger partial charge in [-0.3, -0.25) is 23.4 Å². The van der Waals surface area contributed by atoms with Crippen LogP contribution < -0.4 is 0 Å². The standard InChI is InChI=1S/C62H105O11P/c1-4-7-10-13-16-19-22-25-27-28-29-30-32-35-38-41-44-47-50-53-62(66)73-59(55-69-60(64)51-48-45-42-39-36-33-24-21-18-15-12-9-6-3)57-71-74(67,68)70-56-58(54-63)72-61(65)52-49-46-43-40-37-34-31-26-23-20-17-14-11-8-5-2/h8-9,11-12,17-18,20-21,25-27,31,33,36,42,45,58-59,63H,4-7,10,13-16,19,22-24,28-30,32,34-35,37-41,43-44,46-57H2,1-3H3,(H,67,68)/b11-8-,12-9-,20-17-,21-18-,27-25-,31-26-,36-33-,45-42-. The number of rotatable bonds is 53. The molecule has 2 N–H and O–H groups in total. The highest BCUT2D eigenvalue weighted by molar-refractivity contribution is 7.47. The Labute approximate surface area is 451 Å². The number of allylic oxidation sites excluding steroid dienone is 16. The predicted octanol–water partition coefficient (Wildman–Crippen LogP) is 17.3. The van der Waals surface area contributed by atoms with Gasteiger partial charge in [0.2, 0.25) is 0 Å². The van der Waals surface area contributed by atoms with Gasteiger partial charge in [-0.1, -0.05) is 214 Å². The van der Waals surface area contributed by atoms with E-state index in [2.05, 4.69) is 106 Å². The molecule has 0 heterocycles. The fraction of sp³-hybridized carbons (Fsp3) is 0.694. The minimum absolute atomic E-state index is 0.101. The molecule has 0 aliphatic carbocycles. The van der Waals surface area contributed by atoms with E-state index in [-0.39, 0.29) is 25.9 Å². The van der Waals surface area contributed by atoms with E-state index in [1.54, 1.807) is 0 Å². The minimum atomic E-state index is -4.77. The topological polar surface area (TPSA) is 155 Å². The van der Waals surface area contributed by atoms with Gasteiger partial charge in [0.15, 0.2) is 6.10 Å². The number of unbranched alkanes of at least 4 members (excludes halogenated alkanes) is 20. The van der Waals surface area contributed by atoms with Crippen LogP contribution in [0.3, 0.4) is 0 Å². The molecule has 3 unspecified atom stereocenters. The van der Waals surface area contributed by atoms with Gasteiger partial charge >= 0.3 is 25.7 Å². The third-order valence-corrected chi connectivity index (χ3v) is 12.9. The van der Waals surface area contributed by atoms with E-state index in [1.807, 2.05) is 12.2 Å². The van der Waals surface area contributed by atoms with Gasteiger partial charge in [-0.15, -0.1) is 0 Å². The summed E-state index contributed by atoms with van der Waals surface area (Å²) in [6, 6.07) is 0. The summed E-state index contributed by atoms with van der Waals surface area (Å²) >= 11 is 0. The molecular weight excluding hydrogens is 952 g/mol. The number of esters is 3. The van der Waals surface area contributed by atoms with Gasteiger partial charge in [0.25, 0.3) is 0 Å². The molecule has 0 saturated carbocycles. The first-order chi connectivity index (χ1) is 36.2. The monoisotopic (exact) mass is 1060 g/mol. The zero-order valence-electron chi connectivity index (χ0n) is 46.8. The fourth-order valence-corrected chi connectivity index (χ4v) is 8.40. The summed E-state index contributed by atoms with van der Waals surface area (Å²) in [5.74, 6) is -1.58. The Kier molecular flexibility index (Phi) is 52.9. The maximum Gasteiger partial charge on any atom is 0.472 e. The van der Waals surface area contributed by atoms with E-state index in [0.717, 1.165) is 96.3 Å². The van der Waals surface area contributed by atoms with Gasteiger partial charge in [0.1, 0.15) is 12.7 Å². The lowest BCUT2D eigenvalue weighted by Gasteiger charge is -2.21. The second-order valence-electron chi connectivity index (χ2n) is 19.0. The van der Waals surface area contributed by atoms with Crippen molar-refractivity contribution >= 4 is 25.7 Å². The van der Waals surface area contributed by atoms with Crippen LogP contribution in [0.5, 0.6) is 0 Å². The van der Waals surface area contributed by atoms with E-state index < -0.39 is 57.8 Å². The largest absolute Gasteiger partial charge is 0.472 e. The molecule has 0 radical (unpaired) electrons. The summed E-state index contributed by atoms with van der Waals surface area (Å²) in [6.45, 7) is 4.31. The average Bonchev–Trinajstić information content (AvgIpc) is 3.39. The van der Waals surface area contributed by atoms with Crippen molar-refractivity contribution in [1.29, 1.82) is 0 Å². The van der Waals surface area contributed by atoms with Gasteiger partial charge in [-0.2, -0.15) is 0 Å². The van der Waals surface area contributed by atoms with E-state index in [1.165, 1.54) is 83.5 Å². The molecule has 0 saturated heterocycles. The average molecular weight is 1060 g/mol. The minimum Gasteiger partial charge on any atom is -0.462 e. The Hall–Kier alpha value is -3.60. The second-order valence-corrected chi connectivity index (χ2v) is 20.5. The molecule has 0 spiro atoms. The molecule has 0 aromatic carbocycles. The van der Waals surface area contributed by atoms with E-state index >= 15 is 0 Å². The highest BCUT2D eigenvalue weighted by Gasteiger charge is 2.28. The SMILES string of the molecule is CC/C=C\C/C=C\C/C=C\C/C=C\CCC(=O)OCC(COP(=O)(O)OCC(CO)OC(=O)CCCCCCC/C=C\C/C=C\C/C=C\CC)OC(=O)CCCCCCCCCCC/C=C\CCCCCCCC. The van der Waals surface area contributed by atoms with Crippen LogP contribution in [0.25, 0.3) is 0 Å². The molecule has 0 aromatic rings. The molecule has 12 heteroatoms. The van der Waals surface area contributed by atoms with Crippen LogP contribution >= 0.6 is 7.82 Å². The smallest absolute Gasteiger partial charge is 0.462 e. The van der Waals surface area contributed by atoms with Crippen molar-refractivity contribution in [3.05, 3.63) is 97.2 Å². The van der Waals surface area contributed by atoms with Crippen LogP contribution in [0.2, 0.25) is 0 Å². The van der Waals surface area contributed by atoms with Crippen LogP contribution in [-0.2, 0) is 42.2 Å². The molecule has 3 atom stereocenters. The lowest BCUT2D eigenvalue weighted by atomic mass is 10.1. The van der Waals surface area contributed by atoms with Gasteiger partial charge in [0.05, 0.1) is 19.8 Å². The Morgan fingerprint density at radius 3 is 1.15 bits per heavy atom. The van der Waals surface area contributed by atoms with Crippen LogP contribution in [0, 0.1) is 0 Å². The summed E-state index contributed by atoms with van der Waals surface area (Å²) in [5.41, 5.74) is 0. The number of hydrogen-bond donors (Lipinski definition) is 2. The number of aliphatic hydroxyl groups excluding tert-OH is 1. The van der Waals surface area contributed by atoms with Gasteiger partial charge in [-0.25, -0.2) is 4.57 Å². The third-order valence-electron chi connectivity index (χ3n) is 12.0. The fourth-order valence-electron chi connectivity index (χ4n) is 7.61. The molecule has 0 fully saturated rings. The summed E-state index contributed by atoms with van der Waals surface area (Å²) < 4.78 is 39.4. The van der Waals surface area contributed by atoms with Crippen molar-refractivity contribution in [2.75, 3.05) is 26.4 Å². The normalized spacial score (nSPS) is 14.1. The number of carbonyl (C=O) groups is 3. The molecule has 424 valence electrons. The lowest BCUT2D eigenvalue weighted by Crippen LogP contribution is -2.30. The van der Waals surface area contributed by atoms with Gasteiger partial charge in [0, 0.05) is 19.3 Å². The van der Waals surface area contributed by atoms with Crippen molar-refractivity contribution in [2.24, 2.45) is 0 Å². The third kappa shape index (κ3) is 53.2. The quantitative estimate of drug-likeness (QED) is 0.0197. The number of phosphoric ester groups is 1. The molecule has 0 aliphatic rings. The second kappa shape index (κ2) is 55.6. The first-order valence-electron chi connectivity index (χ1n) is 29.1. The zero-order chi connectivity index (χ0) is 54.1. The highest BCUT2D eigenvalue weighted by Crippen LogP contribution is 2.43. The number of aliphatic hydroxyl groups is 1. The first kappa shape index (κ1) is 70.4. The molecule has 0 aromatic heterocycles. The summed E-state index contributed by atoms with van der Waals surface area (Å²) in [6.07, 6.45) is 65.3. The van der Waals surface area contributed by atoms with Crippen LogP contribution in [-0.4, -0.2) is 66.5 Å². The van der Waals surface area contributed by atoms with Crippen molar-refractivity contribution < 1.29 is 52.2 Å². The maximum atomic E-state index is 12.9. The van der Waals surface area contributed by atoms with E-state index in [9.17, 15) is 28.9 Å². The van der Waals surface area contributed by atoms with Crippen LogP contribution in [0.1, 0.15) is 239 Å². The van der Waals surface area contributed by atoms with Gasteiger partial charge in [-0.05, 0) is 103 Å². The summed E-state index contributed by atoms with van der Waals surface area (Å²) in [7, 11) is -4.77. The number of hydrogen-bond acceptors (Lipinski definition) is 10. The van der Waals surface area contributed by atoms with Crippen molar-refractivity contribution in [3.8, 4) is 0 Å². The first-order valence-corrected chi connectivity index (χ1v) is 30.6. The Bertz CT molecular complexity index is 1610. The lowest BCUT2D eigenvalue weighted by molar-refractivity contribution is -0.161. The Morgan fingerprint density at radius 1 is 0.392 bits per heavy atom. The molecule has 74 heavy (non-hydrogen) atoms. The van der Waals surface area contributed by atoms with E-state index in [0.29, 0.717) is 19.3 Å². The summed E-state index contributed by atoms with van der Waals surface area (Å²) in [4.78, 5) is 48.5. The van der Waals surface area contributed by atoms with Crippen molar-refractivity contribution in [1.82, 2.24) is 0 Å². The van der Waals surface area contributed by atoms with Gasteiger partial charge < -0.3 is 24.2 Å². The predicted molar refractivity (Wildman–Crippen MR) is 307 cm³/mol. The highest BCUT2D eigenvalue weighted by atomic mass is 31.2. The van der Waals surface area contributed by atoms with Crippen molar-refractivity contribution in [2.45, 2.75) is 251 Å². The Balaban J connectivity index is 4.78. The number of carbonyl (C=O) groups excluding carboxylic acids is 3. The summed E-state index contributed by atoms with van der Waals surface area (Å²) in [5, 5.41) is 9.81. The maximum absolute atomic E-state index is 12.9. The van der Waals surface area contributed by atoms with E-state index in [4.69, 9.17) is 23.3 Å². The molecule has 0 rings (SSSR count). The molecule has 0 bridgehead atoms.